The lowest BCUT2D eigenvalue weighted by molar-refractivity contribution is -0.140. The molecule has 146 valence electrons. The van der Waals surface area contributed by atoms with E-state index in [1.165, 1.54) is 11.8 Å². The number of nitrogens with zero attached hydrogens (tertiary/aromatic N) is 3. The number of esters is 1. The number of carbonyl (C=O) groups is 1. The monoisotopic (exact) mass is 416 g/mol. The molecule has 2 aromatic carbocycles. The van der Waals surface area contributed by atoms with Gasteiger partial charge in [0, 0.05) is 16.4 Å². The predicted octanol–water partition coefficient (Wildman–Crippen LogP) is 4.58. The van der Waals surface area contributed by atoms with Crippen molar-refractivity contribution in [2.75, 3.05) is 17.7 Å². The third-order valence-electron chi connectivity index (χ3n) is 3.80. The van der Waals surface area contributed by atoms with E-state index in [1.807, 2.05) is 66.1 Å². The molecule has 0 radical (unpaired) electrons. The molecule has 1 aromatic heterocycles. The molecule has 1 N–H and O–H groups in total. The highest BCUT2D eigenvalue weighted by Crippen LogP contribution is 2.23. The van der Waals surface area contributed by atoms with Crippen LogP contribution in [0.2, 0.25) is 5.02 Å². The van der Waals surface area contributed by atoms with E-state index in [0.29, 0.717) is 23.3 Å². The summed E-state index contributed by atoms with van der Waals surface area (Å²) >= 11 is 7.25. The fourth-order valence-electron chi connectivity index (χ4n) is 2.47. The Balaban J connectivity index is 1.77. The van der Waals surface area contributed by atoms with Gasteiger partial charge in [-0.3, -0.25) is 9.36 Å². The molecule has 0 spiro atoms. The quantitative estimate of drug-likeness (QED) is 0.406. The number of nitrogens with one attached hydrogen (secondary N) is 1. The van der Waals surface area contributed by atoms with Crippen molar-refractivity contribution in [1.29, 1.82) is 0 Å². The Bertz CT molecular complexity index is 900. The molecule has 3 rings (SSSR count). The van der Waals surface area contributed by atoms with Crippen molar-refractivity contribution in [3.8, 4) is 5.69 Å². The van der Waals surface area contributed by atoms with Gasteiger partial charge in [0.25, 0.3) is 0 Å². The van der Waals surface area contributed by atoms with Crippen molar-refractivity contribution in [3.05, 3.63) is 65.4 Å². The lowest BCUT2D eigenvalue weighted by Crippen LogP contribution is -2.10. The van der Waals surface area contributed by atoms with E-state index in [9.17, 15) is 4.79 Å². The van der Waals surface area contributed by atoms with Crippen LogP contribution in [0, 0.1) is 0 Å². The Kier molecular flexibility index (Phi) is 7.33. The highest BCUT2D eigenvalue weighted by Gasteiger charge is 2.16. The largest absolute Gasteiger partial charge is 0.465 e. The molecule has 0 fully saturated rings. The summed E-state index contributed by atoms with van der Waals surface area (Å²) < 4.78 is 7.09. The first-order valence-electron chi connectivity index (χ1n) is 8.95. The van der Waals surface area contributed by atoms with Gasteiger partial charge in [0.05, 0.1) is 18.9 Å². The summed E-state index contributed by atoms with van der Waals surface area (Å²) in [5, 5.41) is 13.2. The van der Waals surface area contributed by atoms with Gasteiger partial charge in [-0.1, -0.05) is 48.5 Å². The molecule has 0 amide bonds. The van der Waals surface area contributed by atoms with Crippen molar-refractivity contribution < 1.29 is 9.53 Å². The van der Waals surface area contributed by atoms with Crippen LogP contribution < -0.4 is 5.32 Å². The molecule has 0 unspecified atom stereocenters. The summed E-state index contributed by atoms with van der Waals surface area (Å²) in [4.78, 5) is 11.8. The smallest absolute Gasteiger partial charge is 0.316 e. The molecule has 3 aromatic rings. The third-order valence-corrected chi connectivity index (χ3v) is 4.95. The van der Waals surface area contributed by atoms with E-state index < -0.39 is 0 Å². The SMILES string of the molecule is CCCOC(=O)CSc1nnc(CNc2ccc(Cl)cc2)n1-c1ccccc1. The van der Waals surface area contributed by atoms with Crippen molar-refractivity contribution in [2.24, 2.45) is 0 Å². The molecule has 0 aliphatic rings. The lowest BCUT2D eigenvalue weighted by Gasteiger charge is -2.11. The molecule has 0 saturated heterocycles. The number of benzene rings is 2. The predicted molar refractivity (Wildman–Crippen MR) is 112 cm³/mol. The van der Waals surface area contributed by atoms with Crippen LogP contribution in [-0.2, 0) is 16.1 Å². The zero-order valence-electron chi connectivity index (χ0n) is 15.5. The van der Waals surface area contributed by atoms with Gasteiger partial charge >= 0.3 is 5.97 Å². The standard InChI is InChI=1S/C20H21ClN4O2S/c1-2-12-27-19(26)14-28-20-24-23-18(25(20)17-6-4-3-5-7-17)13-22-16-10-8-15(21)9-11-16/h3-11,22H,2,12-14H2,1H3. The average Bonchev–Trinajstić information content (AvgIpc) is 3.13. The molecule has 0 aliphatic carbocycles. The zero-order chi connectivity index (χ0) is 19.8. The van der Waals surface area contributed by atoms with Crippen molar-refractivity contribution >= 4 is 35.0 Å². The van der Waals surface area contributed by atoms with Gasteiger partial charge in [-0.15, -0.1) is 10.2 Å². The van der Waals surface area contributed by atoms with Crippen LogP contribution in [-0.4, -0.2) is 33.1 Å². The second-order valence-corrected chi connectivity index (χ2v) is 7.32. The first-order valence-corrected chi connectivity index (χ1v) is 10.3. The van der Waals surface area contributed by atoms with E-state index in [4.69, 9.17) is 16.3 Å². The molecule has 8 heteroatoms. The molecule has 1 heterocycles. The van der Waals surface area contributed by atoms with Crippen LogP contribution in [0.4, 0.5) is 5.69 Å². The molecule has 0 bridgehead atoms. The van der Waals surface area contributed by atoms with Crippen LogP contribution in [0.5, 0.6) is 0 Å². The number of hydrogen-bond donors (Lipinski definition) is 1. The zero-order valence-corrected chi connectivity index (χ0v) is 17.0. The number of halogens is 1. The molecular weight excluding hydrogens is 396 g/mol. The minimum atomic E-state index is -0.254. The van der Waals surface area contributed by atoms with Crippen molar-refractivity contribution in [2.45, 2.75) is 25.0 Å². The minimum absolute atomic E-state index is 0.190. The summed E-state index contributed by atoms with van der Waals surface area (Å²) in [6.45, 7) is 2.87. The fraction of sp³-hybridized carbons (Fsp3) is 0.250. The summed E-state index contributed by atoms with van der Waals surface area (Å²) in [5.74, 6) is 0.677. The minimum Gasteiger partial charge on any atom is -0.465 e. The first-order chi connectivity index (χ1) is 13.7. The molecule has 0 aliphatic heterocycles. The number of rotatable bonds is 9. The van der Waals surface area contributed by atoms with Crippen LogP contribution in [0.25, 0.3) is 5.69 Å². The van der Waals surface area contributed by atoms with E-state index in [-0.39, 0.29) is 11.7 Å². The van der Waals surface area contributed by atoms with Gasteiger partial charge in [-0.2, -0.15) is 0 Å². The number of anilines is 1. The molecule has 0 atom stereocenters. The highest BCUT2D eigenvalue weighted by molar-refractivity contribution is 7.99. The number of ether oxygens (including phenoxy) is 1. The molecular formula is C20H21ClN4O2S. The van der Waals surface area contributed by atoms with Gasteiger partial charge in [-0.05, 0) is 42.8 Å². The van der Waals surface area contributed by atoms with Gasteiger partial charge in [0.1, 0.15) is 0 Å². The molecule has 28 heavy (non-hydrogen) atoms. The van der Waals surface area contributed by atoms with Gasteiger partial charge in [-0.25, -0.2) is 0 Å². The number of hydrogen-bond acceptors (Lipinski definition) is 6. The van der Waals surface area contributed by atoms with E-state index in [1.54, 1.807) is 0 Å². The molecule has 6 nitrogen and oxygen atoms in total. The number of para-hydroxylation sites is 1. The maximum Gasteiger partial charge on any atom is 0.316 e. The van der Waals surface area contributed by atoms with E-state index >= 15 is 0 Å². The number of thioether (sulfide) groups is 1. The van der Waals surface area contributed by atoms with Crippen LogP contribution >= 0.6 is 23.4 Å². The first kappa shape index (κ1) is 20.2. The maximum absolute atomic E-state index is 11.8. The van der Waals surface area contributed by atoms with E-state index in [0.717, 1.165) is 23.6 Å². The Morgan fingerprint density at radius 3 is 2.61 bits per heavy atom. The van der Waals surface area contributed by atoms with Gasteiger partial charge < -0.3 is 10.1 Å². The average molecular weight is 417 g/mol. The fourth-order valence-corrected chi connectivity index (χ4v) is 3.37. The second-order valence-electron chi connectivity index (χ2n) is 5.94. The highest BCUT2D eigenvalue weighted by atomic mass is 35.5. The van der Waals surface area contributed by atoms with Crippen LogP contribution in [0.3, 0.4) is 0 Å². The number of carbonyl (C=O) groups excluding carboxylic acids is 1. The van der Waals surface area contributed by atoms with Gasteiger partial charge in [0.2, 0.25) is 0 Å². The lowest BCUT2D eigenvalue weighted by atomic mass is 10.3. The van der Waals surface area contributed by atoms with Crippen LogP contribution in [0.1, 0.15) is 19.2 Å². The van der Waals surface area contributed by atoms with Crippen molar-refractivity contribution in [1.82, 2.24) is 14.8 Å². The summed E-state index contributed by atoms with van der Waals surface area (Å²) in [6, 6.07) is 17.3. The van der Waals surface area contributed by atoms with Crippen molar-refractivity contribution in [3.63, 3.8) is 0 Å². The Morgan fingerprint density at radius 2 is 1.89 bits per heavy atom. The Hall–Kier alpha value is -2.51. The second kappa shape index (κ2) is 10.1. The summed E-state index contributed by atoms with van der Waals surface area (Å²) in [6.07, 6.45) is 0.803. The van der Waals surface area contributed by atoms with Gasteiger partial charge in [0.15, 0.2) is 11.0 Å². The Morgan fingerprint density at radius 1 is 1.14 bits per heavy atom. The Labute approximate surface area is 173 Å². The third kappa shape index (κ3) is 5.50. The number of aromatic nitrogens is 3. The summed E-state index contributed by atoms with van der Waals surface area (Å²) in [7, 11) is 0. The summed E-state index contributed by atoms with van der Waals surface area (Å²) in [5.41, 5.74) is 1.87. The maximum atomic E-state index is 11.8. The van der Waals surface area contributed by atoms with E-state index in [2.05, 4.69) is 15.5 Å². The molecule has 0 saturated carbocycles. The van der Waals surface area contributed by atoms with Crippen LogP contribution in [0.15, 0.2) is 59.8 Å². The normalized spacial score (nSPS) is 10.6. The topological polar surface area (TPSA) is 69.0 Å².